The highest BCUT2D eigenvalue weighted by Crippen LogP contribution is 2.24. The molecule has 1 aromatic carbocycles. The summed E-state index contributed by atoms with van der Waals surface area (Å²) in [6.45, 7) is 1.81. The molecule has 1 aromatic heterocycles. The summed E-state index contributed by atoms with van der Waals surface area (Å²) in [5, 5.41) is 13.7. The Morgan fingerprint density at radius 1 is 1.35 bits per heavy atom. The predicted octanol–water partition coefficient (Wildman–Crippen LogP) is 3.49. The van der Waals surface area contributed by atoms with Gasteiger partial charge < -0.3 is 10.4 Å². The van der Waals surface area contributed by atoms with E-state index in [9.17, 15) is 9.59 Å². The molecule has 0 radical (unpaired) electrons. The molecule has 0 spiro atoms. The molecule has 2 aromatic rings. The third kappa shape index (κ3) is 3.85. The molecule has 6 heteroatoms. The third-order valence-corrected chi connectivity index (χ3v) is 4.65. The molecule has 20 heavy (non-hydrogen) atoms. The minimum atomic E-state index is -1.05. The molecule has 2 N–H and O–H groups in total. The van der Waals surface area contributed by atoms with E-state index in [1.807, 2.05) is 24.4 Å². The lowest BCUT2D eigenvalue weighted by atomic mass is 10.1. The maximum Gasteiger partial charge on any atom is 0.337 e. The van der Waals surface area contributed by atoms with E-state index in [1.54, 1.807) is 29.5 Å². The second kappa shape index (κ2) is 6.58. The summed E-state index contributed by atoms with van der Waals surface area (Å²) in [5.74, 6) is -1.00. The molecule has 0 atom stereocenters. The number of hydrogen-bond acceptors (Lipinski definition) is 4. The number of rotatable bonds is 5. The van der Waals surface area contributed by atoms with Gasteiger partial charge in [0.2, 0.25) is 5.91 Å². The van der Waals surface area contributed by atoms with Crippen LogP contribution in [0.15, 0.2) is 39.9 Å². The number of hydrogen-bond donors (Lipinski definition) is 2. The molecule has 0 aliphatic rings. The van der Waals surface area contributed by atoms with Gasteiger partial charge in [-0.2, -0.15) is 0 Å². The van der Waals surface area contributed by atoms with Crippen LogP contribution in [-0.4, -0.2) is 22.7 Å². The second-order valence-corrected chi connectivity index (χ2v) is 6.35. The van der Waals surface area contributed by atoms with Crippen LogP contribution in [0.2, 0.25) is 0 Å². The van der Waals surface area contributed by atoms with Crippen LogP contribution in [0.1, 0.15) is 15.9 Å². The van der Waals surface area contributed by atoms with Crippen molar-refractivity contribution in [3.8, 4) is 0 Å². The fourth-order valence-electron chi connectivity index (χ4n) is 1.61. The largest absolute Gasteiger partial charge is 0.478 e. The molecule has 1 heterocycles. The molecule has 0 saturated carbocycles. The fourth-order valence-corrected chi connectivity index (χ4v) is 3.20. The van der Waals surface area contributed by atoms with Crippen LogP contribution in [0, 0.1) is 6.92 Å². The summed E-state index contributed by atoms with van der Waals surface area (Å²) in [4.78, 5) is 23.0. The molecular formula is C14H13NO3S2. The van der Waals surface area contributed by atoms with Gasteiger partial charge in [0.25, 0.3) is 0 Å². The Bertz CT molecular complexity index is 623. The summed E-state index contributed by atoms with van der Waals surface area (Å²) in [6, 6.07) is 8.80. The number of carboxylic acids is 1. The summed E-state index contributed by atoms with van der Waals surface area (Å²) in [5.41, 5.74) is 1.28. The van der Waals surface area contributed by atoms with Gasteiger partial charge in [-0.25, -0.2) is 4.79 Å². The highest BCUT2D eigenvalue weighted by atomic mass is 32.2. The zero-order valence-electron chi connectivity index (χ0n) is 10.8. The number of thiophene rings is 1. The van der Waals surface area contributed by atoms with E-state index in [-0.39, 0.29) is 17.2 Å². The minimum Gasteiger partial charge on any atom is -0.478 e. The zero-order valence-corrected chi connectivity index (χ0v) is 12.4. The number of carbonyl (C=O) groups is 2. The molecule has 0 aliphatic carbocycles. The van der Waals surface area contributed by atoms with Gasteiger partial charge in [-0.1, -0.05) is 17.7 Å². The van der Waals surface area contributed by atoms with Crippen molar-refractivity contribution < 1.29 is 14.7 Å². The molecule has 0 fully saturated rings. The first-order valence-corrected chi connectivity index (χ1v) is 7.73. The molecule has 0 unspecified atom stereocenters. The van der Waals surface area contributed by atoms with Gasteiger partial charge in [0, 0.05) is 0 Å². The lowest BCUT2D eigenvalue weighted by molar-refractivity contribution is -0.113. The number of aromatic carboxylic acids is 1. The average Bonchev–Trinajstić information content (AvgIpc) is 2.91. The van der Waals surface area contributed by atoms with Gasteiger partial charge in [-0.15, -0.1) is 23.1 Å². The molecule has 0 bridgehead atoms. The third-order valence-electron chi connectivity index (χ3n) is 2.52. The van der Waals surface area contributed by atoms with E-state index in [1.165, 1.54) is 11.8 Å². The normalized spacial score (nSPS) is 10.2. The van der Waals surface area contributed by atoms with E-state index in [0.717, 1.165) is 9.77 Å². The Labute approximate surface area is 124 Å². The maximum absolute atomic E-state index is 11.8. The number of nitrogens with one attached hydrogen (secondary N) is 1. The van der Waals surface area contributed by atoms with Crippen molar-refractivity contribution in [2.24, 2.45) is 0 Å². The van der Waals surface area contributed by atoms with E-state index in [2.05, 4.69) is 5.32 Å². The molecule has 104 valence electrons. The van der Waals surface area contributed by atoms with E-state index >= 15 is 0 Å². The smallest absolute Gasteiger partial charge is 0.337 e. The quantitative estimate of drug-likeness (QED) is 0.830. The Balaban J connectivity index is 2.02. The van der Waals surface area contributed by atoms with E-state index in [0.29, 0.717) is 5.69 Å². The van der Waals surface area contributed by atoms with Gasteiger partial charge in [0.15, 0.2) is 0 Å². The minimum absolute atomic E-state index is 0.111. The van der Waals surface area contributed by atoms with Crippen molar-refractivity contribution in [3.05, 3.63) is 46.8 Å². The van der Waals surface area contributed by atoms with Crippen molar-refractivity contribution in [2.75, 3.05) is 11.1 Å². The van der Waals surface area contributed by atoms with Gasteiger partial charge in [0.05, 0.1) is 21.2 Å². The summed E-state index contributed by atoms with van der Waals surface area (Å²) in [7, 11) is 0. The number of aryl methyl sites for hydroxylation is 1. The van der Waals surface area contributed by atoms with Crippen LogP contribution in [0.4, 0.5) is 5.69 Å². The number of thioether (sulfide) groups is 1. The van der Waals surface area contributed by atoms with Crippen molar-refractivity contribution in [1.82, 2.24) is 0 Å². The number of anilines is 1. The summed E-state index contributed by atoms with van der Waals surface area (Å²) in [6.07, 6.45) is 0. The van der Waals surface area contributed by atoms with Crippen LogP contribution >= 0.6 is 23.1 Å². The number of benzene rings is 1. The lowest BCUT2D eigenvalue weighted by Gasteiger charge is -2.08. The summed E-state index contributed by atoms with van der Waals surface area (Å²) >= 11 is 3.00. The zero-order chi connectivity index (χ0) is 14.5. The Morgan fingerprint density at radius 3 is 2.80 bits per heavy atom. The first kappa shape index (κ1) is 14.6. The second-order valence-electron chi connectivity index (χ2n) is 4.12. The molecule has 1 amide bonds. The first-order chi connectivity index (χ1) is 9.56. The molecule has 0 saturated heterocycles. The monoisotopic (exact) mass is 307 g/mol. The highest BCUT2D eigenvalue weighted by Gasteiger charge is 2.13. The average molecular weight is 307 g/mol. The standard InChI is InChI=1S/C14H13NO3S2/c1-9-4-5-11(10(7-9)14(17)18)15-12(16)8-20-13-3-2-6-19-13/h2-7H,8H2,1H3,(H,15,16)(H,17,18). The molecule has 0 aliphatic heterocycles. The van der Waals surface area contributed by atoms with Gasteiger partial charge in [-0.05, 0) is 30.5 Å². The lowest BCUT2D eigenvalue weighted by Crippen LogP contribution is -2.16. The van der Waals surface area contributed by atoms with E-state index < -0.39 is 5.97 Å². The highest BCUT2D eigenvalue weighted by molar-refractivity contribution is 8.01. The van der Waals surface area contributed by atoms with Gasteiger partial charge in [-0.3, -0.25) is 4.79 Å². The Morgan fingerprint density at radius 2 is 2.15 bits per heavy atom. The van der Waals surface area contributed by atoms with Crippen LogP contribution in [0.3, 0.4) is 0 Å². The maximum atomic E-state index is 11.8. The van der Waals surface area contributed by atoms with Crippen molar-refractivity contribution in [3.63, 3.8) is 0 Å². The van der Waals surface area contributed by atoms with Crippen molar-refractivity contribution in [1.29, 1.82) is 0 Å². The molecule has 4 nitrogen and oxygen atoms in total. The van der Waals surface area contributed by atoms with E-state index in [4.69, 9.17) is 5.11 Å². The number of carbonyl (C=O) groups excluding carboxylic acids is 1. The van der Waals surface area contributed by atoms with Crippen LogP contribution < -0.4 is 5.32 Å². The van der Waals surface area contributed by atoms with Gasteiger partial charge >= 0.3 is 5.97 Å². The first-order valence-electron chi connectivity index (χ1n) is 5.86. The predicted molar refractivity (Wildman–Crippen MR) is 81.8 cm³/mol. The van der Waals surface area contributed by atoms with Gasteiger partial charge in [0.1, 0.15) is 0 Å². The molecular weight excluding hydrogens is 294 g/mol. The molecule has 2 rings (SSSR count). The van der Waals surface area contributed by atoms with Crippen molar-refractivity contribution in [2.45, 2.75) is 11.1 Å². The fraction of sp³-hybridized carbons (Fsp3) is 0.143. The SMILES string of the molecule is Cc1ccc(NC(=O)CSc2cccs2)c(C(=O)O)c1. The van der Waals surface area contributed by atoms with Crippen molar-refractivity contribution >= 4 is 40.7 Å². The van der Waals surface area contributed by atoms with Crippen LogP contribution in [0.25, 0.3) is 0 Å². The Kier molecular flexibility index (Phi) is 4.81. The van der Waals surface area contributed by atoms with Crippen LogP contribution in [0.5, 0.6) is 0 Å². The Hall–Kier alpha value is -1.79. The summed E-state index contributed by atoms with van der Waals surface area (Å²) < 4.78 is 1.06. The number of carboxylic acid groups (broad SMARTS) is 1. The topological polar surface area (TPSA) is 66.4 Å². The van der Waals surface area contributed by atoms with Crippen LogP contribution in [-0.2, 0) is 4.79 Å². The number of amides is 1.